The predicted molar refractivity (Wildman–Crippen MR) is 104 cm³/mol. The number of hydrogen-bond donors (Lipinski definition) is 1. The first-order valence-corrected chi connectivity index (χ1v) is 10.1. The Bertz CT molecular complexity index is 971. The van der Waals surface area contributed by atoms with Crippen LogP contribution in [0.25, 0.3) is 0 Å². The summed E-state index contributed by atoms with van der Waals surface area (Å²) in [6.45, 7) is 5.25. The van der Waals surface area contributed by atoms with Gasteiger partial charge in [-0.1, -0.05) is 6.07 Å². The lowest BCUT2D eigenvalue weighted by Crippen LogP contribution is -2.15. The molecule has 0 amide bonds. The molecule has 150 valence electrons. The Balaban J connectivity index is 2.28. The van der Waals surface area contributed by atoms with E-state index in [0.717, 1.165) is 11.8 Å². The molecule has 0 fully saturated rings. The molecule has 0 bridgehead atoms. The highest BCUT2D eigenvalue weighted by molar-refractivity contribution is 7.86. The fourth-order valence-corrected chi connectivity index (χ4v) is 2.42. The summed E-state index contributed by atoms with van der Waals surface area (Å²) in [4.78, 5) is 15.7. The van der Waals surface area contributed by atoms with Gasteiger partial charge >= 0.3 is 16.1 Å². The van der Waals surface area contributed by atoms with Gasteiger partial charge in [0.2, 0.25) is 5.88 Å². The molecule has 9 nitrogen and oxygen atoms in total. The fraction of sp³-hybridized carbons (Fsp3) is 0.278. The average molecular weight is 407 g/mol. The van der Waals surface area contributed by atoms with Gasteiger partial charge in [-0.3, -0.25) is 5.43 Å². The van der Waals surface area contributed by atoms with Gasteiger partial charge < -0.3 is 13.7 Å². The predicted octanol–water partition coefficient (Wildman–Crippen LogP) is 2.87. The zero-order valence-corrected chi connectivity index (χ0v) is 16.7. The molecule has 28 heavy (non-hydrogen) atoms. The molecule has 2 aromatic rings. The van der Waals surface area contributed by atoms with Gasteiger partial charge in [0.15, 0.2) is 5.75 Å². The third kappa shape index (κ3) is 6.54. The van der Waals surface area contributed by atoms with Crippen molar-refractivity contribution in [1.82, 2.24) is 4.98 Å². The molecule has 10 heteroatoms. The number of esters is 1. The lowest BCUT2D eigenvalue weighted by molar-refractivity contribution is -0.135. The molecule has 1 heterocycles. The van der Waals surface area contributed by atoms with Gasteiger partial charge in [-0.25, -0.2) is 9.78 Å². The highest BCUT2D eigenvalue weighted by Gasteiger charge is 2.13. The van der Waals surface area contributed by atoms with E-state index in [-0.39, 0.29) is 23.8 Å². The topological polar surface area (TPSA) is 116 Å². The maximum Gasteiger partial charge on any atom is 0.354 e. The lowest BCUT2D eigenvalue weighted by atomic mass is 10.3. The minimum atomic E-state index is -3.81. The van der Waals surface area contributed by atoms with Crippen molar-refractivity contribution in [2.45, 2.75) is 20.8 Å². The first kappa shape index (κ1) is 21.2. The van der Waals surface area contributed by atoms with E-state index in [1.807, 2.05) is 13.0 Å². The van der Waals surface area contributed by atoms with Gasteiger partial charge in [-0.15, -0.1) is 0 Å². The van der Waals surface area contributed by atoms with Crippen molar-refractivity contribution in [1.29, 1.82) is 0 Å². The van der Waals surface area contributed by atoms with E-state index < -0.39 is 16.1 Å². The Hall–Kier alpha value is -3.14. The van der Waals surface area contributed by atoms with Crippen LogP contribution in [0.1, 0.15) is 19.4 Å². The highest BCUT2D eigenvalue weighted by Crippen LogP contribution is 2.32. The zero-order chi connectivity index (χ0) is 20.7. The Morgan fingerprint density at radius 3 is 2.61 bits per heavy atom. The Morgan fingerprint density at radius 2 is 2.00 bits per heavy atom. The van der Waals surface area contributed by atoms with E-state index in [1.165, 1.54) is 19.1 Å². The number of hydrogen-bond acceptors (Lipinski definition) is 9. The Morgan fingerprint density at radius 1 is 1.25 bits per heavy atom. The molecule has 0 aliphatic heterocycles. The number of anilines is 1. The number of carbonyl (C=O) groups is 1. The van der Waals surface area contributed by atoms with Crippen LogP contribution in [0.3, 0.4) is 0 Å². The quantitative estimate of drug-likeness (QED) is 0.307. The van der Waals surface area contributed by atoms with Crippen molar-refractivity contribution in [3.05, 3.63) is 42.1 Å². The third-order valence-corrected chi connectivity index (χ3v) is 3.70. The van der Waals surface area contributed by atoms with E-state index in [9.17, 15) is 13.2 Å². The number of benzene rings is 1. The van der Waals surface area contributed by atoms with Crippen LogP contribution in [-0.2, 0) is 19.6 Å². The van der Waals surface area contributed by atoms with Crippen molar-refractivity contribution in [2.75, 3.05) is 18.3 Å². The summed E-state index contributed by atoms with van der Waals surface area (Å²) in [7, 11) is -3.81. The third-order valence-electron chi connectivity index (χ3n) is 3.22. The van der Waals surface area contributed by atoms with E-state index in [2.05, 4.69) is 15.5 Å². The van der Waals surface area contributed by atoms with E-state index in [4.69, 9.17) is 13.7 Å². The molecule has 0 saturated carbocycles. The van der Waals surface area contributed by atoms with Crippen molar-refractivity contribution < 1.29 is 26.9 Å². The van der Waals surface area contributed by atoms with Crippen LogP contribution >= 0.6 is 0 Å². The zero-order valence-electron chi connectivity index (χ0n) is 15.9. The summed E-state index contributed by atoms with van der Waals surface area (Å²) in [6, 6.07) is 7.98. The number of carbonyl (C=O) groups excluding carboxylic acids is 1. The number of hydrazone groups is 1. The second kappa shape index (κ2) is 9.18. The maximum absolute atomic E-state index is 11.6. The van der Waals surface area contributed by atoms with Crippen molar-refractivity contribution in [2.24, 2.45) is 5.10 Å². The molecular formula is C18H21N3O6S. The number of aryl methyl sites for hydroxylation is 1. The van der Waals surface area contributed by atoms with Crippen LogP contribution in [0.15, 0.2) is 41.6 Å². The van der Waals surface area contributed by atoms with Crippen LogP contribution in [0.4, 0.5) is 5.69 Å². The summed E-state index contributed by atoms with van der Waals surface area (Å²) in [5, 5.41) is 3.89. The summed E-state index contributed by atoms with van der Waals surface area (Å²) in [5.74, 6) is 0.0120. The summed E-state index contributed by atoms with van der Waals surface area (Å²) in [5.41, 5.74) is 3.86. The standard InChI is InChI=1S/C18H21N3O6S/c1-5-25-18(22)13(3)20-21-15-8-7-14(10-16(15)27-28(4,23)24)26-17-9-6-12(2)11-19-17/h6-11,21H,5H2,1-4H3/b20-13+. The van der Waals surface area contributed by atoms with Gasteiger partial charge in [0.05, 0.1) is 12.9 Å². The van der Waals surface area contributed by atoms with Crippen molar-refractivity contribution in [3.63, 3.8) is 0 Å². The monoisotopic (exact) mass is 407 g/mol. The normalized spacial score (nSPS) is 11.6. The first-order chi connectivity index (χ1) is 13.2. The van der Waals surface area contributed by atoms with Crippen LogP contribution < -0.4 is 14.3 Å². The van der Waals surface area contributed by atoms with Gasteiger partial charge in [-0.2, -0.15) is 13.5 Å². The van der Waals surface area contributed by atoms with Crippen molar-refractivity contribution >= 4 is 27.5 Å². The van der Waals surface area contributed by atoms with Crippen LogP contribution in [0.2, 0.25) is 0 Å². The molecule has 0 aliphatic rings. The number of rotatable bonds is 8. The second-order valence-electron chi connectivity index (χ2n) is 5.75. The van der Waals surface area contributed by atoms with Crippen LogP contribution in [0.5, 0.6) is 17.4 Å². The van der Waals surface area contributed by atoms with E-state index in [0.29, 0.717) is 11.6 Å². The number of nitrogens with zero attached hydrogens (tertiary/aromatic N) is 2. The minimum absolute atomic E-state index is 0.0486. The van der Waals surface area contributed by atoms with Crippen LogP contribution in [-0.4, -0.2) is 37.9 Å². The molecule has 0 aliphatic carbocycles. The Labute approximate surface area is 163 Å². The van der Waals surface area contributed by atoms with E-state index in [1.54, 1.807) is 25.3 Å². The maximum atomic E-state index is 11.6. The molecule has 0 saturated heterocycles. The van der Waals surface area contributed by atoms with E-state index >= 15 is 0 Å². The number of ether oxygens (including phenoxy) is 2. The molecule has 0 radical (unpaired) electrons. The summed E-state index contributed by atoms with van der Waals surface area (Å²) in [6.07, 6.45) is 2.56. The highest BCUT2D eigenvalue weighted by atomic mass is 32.2. The summed E-state index contributed by atoms with van der Waals surface area (Å²) >= 11 is 0. The fourth-order valence-electron chi connectivity index (χ4n) is 1.95. The smallest absolute Gasteiger partial charge is 0.354 e. The molecule has 0 unspecified atom stereocenters. The molecule has 2 rings (SSSR count). The molecule has 0 spiro atoms. The average Bonchev–Trinajstić information content (AvgIpc) is 2.61. The second-order valence-corrected chi connectivity index (χ2v) is 7.33. The van der Waals surface area contributed by atoms with Crippen LogP contribution in [0, 0.1) is 6.92 Å². The Kier molecular flexibility index (Phi) is 6.94. The molecule has 1 N–H and O–H groups in total. The summed E-state index contributed by atoms with van der Waals surface area (Å²) < 4.78 is 38.6. The molecule has 1 aromatic heterocycles. The van der Waals surface area contributed by atoms with Gasteiger partial charge in [0.25, 0.3) is 0 Å². The molecule has 0 atom stereocenters. The van der Waals surface area contributed by atoms with Gasteiger partial charge in [0, 0.05) is 18.3 Å². The largest absolute Gasteiger partial charge is 0.461 e. The molecular weight excluding hydrogens is 386 g/mol. The molecule has 1 aromatic carbocycles. The number of pyridine rings is 1. The van der Waals surface area contributed by atoms with Gasteiger partial charge in [-0.05, 0) is 38.5 Å². The number of nitrogens with one attached hydrogen (secondary N) is 1. The minimum Gasteiger partial charge on any atom is -0.461 e. The lowest BCUT2D eigenvalue weighted by Gasteiger charge is -2.12. The van der Waals surface area contributed by atoms with Crippen molar-refractivity contribution in [3.8, 4) is 17.4 Å². The van der Waals surface area contributed by atoms with Gasteiger partial charge in [0.1, 0.15) is 17.1 Å². The SMILES string of the molecule is CCOC(=O)/C(C)=N/Nc1ccc(Oc2ccc(C)cn2)cc1OS(C)(=O)=O. The first-order valence-electron chi connectivity index (χ1n) is 8.29. The number of aromatic nitrogens is 1.